The maximum Gasteiger partial charge on any atom is 0.341 e. The summed E-state index contributed by atoms with van der Waals surface area (Å²) in [5, 5.41) is 3.22. The van der Waals surface area contributed by atoms with E-state index in [0.717, 1.165) is 37.1 Å². The van der Waals surface area contributed by atoms with Gasteiger partial charge in [-0.2, -0.15) is 0 Å². The van der Waals surface area contributed by atoms with E-state index in [9.17, 15) is 4.79 Å². The van der Waals surface area contributed by atoms with Crippen molar-refractivity contribution in [1.29, 1.82) is 0 Å². The van der Waals surface area contributed by atoms with Crippen molar-refractivity contribution in [3.63, 3.8) is 0 Å². The molecule has 0 amide bonds. The summed E-state index contributed by atoms with van der Waals surface area (Å²) in [7, 11) is 0. The second-order valence-corrected chi connectivity index (χ2v) is 5.70. The molecule has 2 heterocycles. The van der Waals surface area contributed by atoms with E-state index < -0.39 is 0 Å². The Hall–Kier alpha value is -2.30. The molecule has 23 heavy (non-hydrogen) atoms. The van der Waals surface area contributed by atoms with Gasteiger partial charge in [0.1, 0.15) is 17.1 Å². The van der Waals surface area contributed by atoms with Gasteiger partial charge in [0.2, 0.25) is 0 Å². The summed E-state index contributed by atoms with van der Waals surface area (Å²) in [4.78, 5) is 17.0. The molecule has 2 aromatic heterocycles. The SMILES string of the molecule is CCOC(=O)c1cc2c(nc1NCc1ccco1)CCCCC2. The van der Waals surface area contributed by atoms with Crippen molar-refractivity contribution in [2.75, 3.05) is 11.9 Å². The molecule has 122 valence electrons. The van der Waals surface area contributed by atoms with Crippen molar-refractivity contribution in [2.24, 2.45) is 0 Å². The van der Waals surface area contributed by atoms with E-state index in [1.54, 1.807) is 6.26 Å². The minimum Gasteiger partial charge on any atom is -0.467 e. The topological polar surface area (TPSA) is 64.4 Å². The van der Waals surface area contributed by atoms with Gasteiger partial charge in [-0.15, -0.1) is 0 Å². The minimum absolute atomic E-state index is 0.325. The normalized spacial score (nSPS) is 14.0. The van der Waals surface area contributed by atoms with Crippen LogP contribution in [0.25, 0.3) is 0 Å². The molecule has 0 radical (unpaired) electrons. The van der Waals surface area contributed by atoms with Crippen LogP contribution < -0.4 is 5.32 Å². The molecule has 0 saturated heterocycles. The van der Waals surface area contributed by atoms with Crippen molar-refractivity contribution in [3.05, 3.63) is 47.0 Å². The first-order valence-electron chi connectivity index (χ1n) is 8.24. The number of hydrogen-bond donors (Lipinski definition) is 1. The zero-order valence-corrected chi connectivity index (χ0v) is 13.4. The van der Waals surface area contributed by atoms with Crippen molar-refractivity contribution >= 4 is 11.8 Å². The number of pyridine rings is 1. The molecule has 1 aliphatic carbocycles. The Labute approximate surface area is 136 Å². The van der Waals surface area contributed by atoms with E-state index in [-0.39, 0.29) is 5.97 Å². The van der Waals surface area contributed by atoms with Gasteiger partial charge < -0.3 is 14.5 Å². The molecule has 1 N–H and O–H groups in total. The Balaban J connectivity index is 1.90. The van der Waals surface area contributed by atoms with Crippen molar-refractivity contribution in [1.82, 2.24) is 4.98 Å². The first-order valence-corrected chi connectivity index (χ1v) is 8.24. The molecule has 0 aromatic carbocycles. The highest BCUT2D eigenvalue weighted by Crippen LogP contribution is 2.25. The van der Waals surface area contributed by atoms with Gasteiger partial charge in [-0.3, -0.25) is 0 Å². The molecule has 1 aliphatic rings. The number of carbonyl (C=O) groups excluding carboxylic acids is 1. The second-order valence-electron chi connectivity index (χ2n) is 5.70. The first-order chi connectivity index (χ1) is 11.3. The largest absolute Gasteiger partial charge is 0.467 e. The van der Waals surface area contributed by atoms with Crippen LogP contribution in [0.4, 0.5) is 5.82 Å². The number of aryl methyl sites for hydroxylation is 2. The zero-order chi connectivity index (χ0) is 16.1. The smallest absolute Gasteiger partial charge is 0.341 e. The summed E-state index contributed by atoms with van der Waals surface area (Å²) < 4.78 is 10.5. The number of carbonyl (C=O) groups is 1. The van der Waals surface area contributed by atoms with Crippen LogP contribution in [0.2, 0.25) is 0 Å². The number of fused-ring (bicyclic) bond motifs is 1. The van der Waals surface area contributed by atoms with Gasteiger partial charge >= 0.3 is 5.97 Å². The van der Waals surface area contributed by atoms with Gasteiger partial charge in [-0.05, 0) is 56.4 Å². The summed E-state index contributed by atoms with van der Waals surface area (Å²) in [5.74, 6) is 1.06. The fourth-order valence-electron chi connectivity index (χ4n) is 2.89. The predicted molar refractivity (Wildman–Crippen MR) is 87.5 cm³/mol. The molecule has 0 atom stereocenters. The van der Waals surface area contributed by atoms with Crippen LogP contribution in [-0.2, 0) is 24.1 Å². The van der Waals surface area contributed by atoms with Crippen LogP contribution in [0.5, 0.6) is 0 Å². The summed E-state index contributed by atoms with van der Waals surface area (Å²) in [6.45, 7) is 2.66. The van der Waals surface area contributed by atoms with Crippen molar-refractivity contribution in [2.45, 2.75) is 45.6 Å². The molecule has 5 nitrogen and oxygen atoms in total. The highest BCUT2D eigenvalue weighted by atomic mass is 16.5. The Morgan fingerprint density at radius 2 is 2.22 bits per heavy atom. The summed E-state index contributed by atoms with van der Waals surface area (Å²) in [5.41, 5.74) is 2.78. The quantitative estimate of drug-likeness (QED) is 0.673. The van der Waals surface area contributed by atoms with Crippen molar-refractivity contribution < 1.29 is 13.9 Å². The summed E-state index contributed by atoms with van der Waals surface area (Å²) in [6.07, 6.45) is 7.08. The molecular formula is C18H22N2O3. The van der Waals surface area contributed by atoms with Crippen LogP contribution in [0.3, 0.4) is 0 Å². The predicted octanol–water partition coefficient (Wildman–Crippen LogP) is 3.73. The van der Waals surface area contributed by atoms with Crippen LogP contribution in [0, 0.1) is 0 Å². The number of rotatable bonds is 5. The molecule has 0 saturated carbocycles. The maximum absolute atomic E-state index is 12.3. The monoisotopic (exact) mass is 314 g/mol. The van der Waals surface area contributed by atoms with Gasteiger partial charge in [0.25, 0.3) is 0 Å². The number of anilines is 1. The summed E-state index contributed by atoms with van der Waals surface area (Å²) in [6, 6.07) is 5.68. The van der Waals surface area contributed by atoms with E-state index in [4.69, 9.17) is 14.1 Å². The molecule has 3 rings (SSSR count). The molecule has 0 spiro atoms. The van der Waals surface area contributed by atoms with E-state index in [2.05, 4.69) is 5.32 Å². The van der Waals surface area contributed by atoms with Gasteiger partial charge in [-0.1, -0.05) is 6.42 Å². The number of furan rings is 1. The average Bonchev–Trinajstić information content (AvgIpc) is 2.97. The number of aromatic nitrogens is 1. The Bertz CT molecular complexity index is 665. The molecule has 0 fully saturated rings. The number of nitrogens with one attached hydrogen (secondary N) is 1. The lowest BCUT2D eigenvalue weighted by Gasteiger charge is -2.14. The molecular weight excluding hydrogens is 292 g/mol. The van der Waals surface area contributed by atoms with Gasteiger partial charge in [0.05, 0.1) is 19.4 Å². The standard InChI is InChI=1S/C18H22N2O3/c1-2-22-18(21)15-11-13-7-4-3-5-9-16(13)20-17(15)19-12-14-8-6-10-23-14/h6,8,10-11H,2-5,7,9,12H2,1H3,(H,19,20). The molecule has 2 aromatic rings. The third-order valence-corrected chi connectivity index (χ3v) is 4.06. The zero-order valence-electron chi connectivity index (χ0n) is 13.4. The second kappa shape index (κ2) is 7.31. The number of hydrogen-bond acceptors (Lipinski definition) is 5. The Kier molecular flexibility index (Phi) is 4.95. The highest BCUT2D eigenvalue weighted by molar-refractivity contribution is 5.95. The third kappa shape index (κ3) is 3.73. The van der Waals surface area contributed by atoms with E-state index >= 15 is 0 Å². The molecule has 0 unspecified atom stereocenters. The lowest BCUT2D eigenvalue weighted by Crippen LogP contribution is -2.14. The lowest BCUT2D eigenvalue weighted by atomic mass is 10.1. The first kappa shape index (κ1) is 15.6. The maximum atomic E-state index is 12.3. The lowest BCUT2D eigenvalue weighted by molar-refractivity contribution is 0.0527. The fraction of sp³-hybridized carbons (Fsp3) is 0.444. The van der Waals surface area contributed by atoms with E-state index in [1.807, 2.05) is 25.1 Å². The van der Waals surface area contributed by atoms with E-state index in [0.29, 0.717) is 24.5 Å². The molecule has 0 aliphatic heterocycles. The van der Waals surface area contributed by atoms with Crippen LogP contribution in [0.1, 0.15) is 53.6 Å². The number of nitrogens with zero attached hydrogens (tertiary/aromatic N) is 1. The highest BCUT2D eigenvalue weighted by Gasteiger charge is 2.19. The van der Waals surface area contributed by atoms with Crippen LogP contribution >= 0.6 is 0 Å². The number of ether oxygens (including phenoxy) is 1. The minimum atomic E-state index is -0.325. The Morgan fingerprint density at radius 1 is 1.35 bits per heavy atom. The Morgan fingerprint density at radius 3 is 3.00 bits per heavy atom. The molecule has 5 heteroatoms. The van der Waals surface area contributed by atoms with Crippen LogP contribution in [0.15, 0.2) is 28.9 Å². The van der Waals surface area contributed by atoms with E-state index in [1.165, 1.54) is 12.0 Å². The van der Waals surface area contributed by atoms with Crippen molar-refractivity contribution in [3.8, 4) is 0 Å². The summed E-state index contributed by atoms with van der Waals surface area (Å²) >= 11 is 0. The van der Waals surface area contributed by atoms with Gasteiger partial charge in [0.15, 0.2) is 0 Å². The van der Waals surface area contributed by atoms with Gasteiger partial charge in [0, 0.05) is 5.69 Å². The number of esters is 1. The molecule has 0 bridgehead atoms. The fourth-order valence-corrected chi connectivity index (χ4v) is 2.89. The third-order valence-electron chi connectivity index (χ3n) is 4.06. The average molecular weight is 314 g/mol. The van der Waals surface area contributed by atoms with Crippen LogP contribution in [-0.4, -0.2) is 17.6 Å². The van der Waals surface area contributed by atoms with Gasteiger partial charge in [-0.25, -0.2) is 9.78 Å².